The largest absolute Gasteiger partial charge is 0.314 e. The third-order valence-corrected chi connectivity index (χ3v) is 3.97. The van der Waals surface area contributed by atoms with E-state index in [-0.39, 0.29) is 0 Å². The first kappa shape index (κ1) is 13.6. The van der Waals surface area contributed by atoms with Crippen LogP contribution in [0, 0.1) is 5.41 Å². The Hall–Kier alpha value is -0.820. The molecule has 0 heterocycles. The highest BCUT2D eigenvalue weighted by Gasteiger charge is 2.22. The Balaban J connectivity index is 1.61. The highest BCUT2D eigenvalue weighted by molar-refractivity contribution is 5.14. The highest BCUT2D eigenvalue weighted by atomic mass is 14.9. The van der Waals surface area contributed by atoms with Gasteiger partial charge in [-0.15, -0.1) is 0 Å². The third kappa shape index (κ3) is 5.22. The van der Waals surface area contributed by atoms with E-state index >= 15 is 0 Å². The van der Waals surface area contributed by atoms with Crippen LogP contribution in [0.1, 0.15) is 51.5 Å². The molecule has 0 unspecified atom stereocenters. The van der Waals surface area contributed by atoms with Crippen LogP contribution in [0.5, 0.6) is 0 Å². The summed E-state index contributed by atoms with van der Waals surface area (Å²) in [5.41, 5.74) is 1.96. The van der Waals surface area contributed by atoms with Gasteiger partial charge in [0, 0.05) is 6.04 Å². The summed E-state index contributed by atoms with van der Waals surface area (Å²) in [6, 6.07) is 11.7. The Morgan fingerprint density at radius 1 is 1.11 bits per heavy atom. The molecule has 0 aromatic heterocycles. The van der Waals surface area contributed by atoms with Crippen LogP contribution in [0.15, 0.2) is 30.3 Å². The topological polar surface area (TPSA) is 12.0 Å². The number of hydrogen-bond acceptors (Lipinski definition) is 1. The van der Waals surface area contributed by atoms with Crippen molar-refractivity contribution in [3.05, 3.63) is 35.9 Å². The van der Waals surface area contributed by atoms with E-state index in [9.17, 15) is 0 Å². The maximum absolute atomic E-state index is 3.62. The van der Waals surface area contributed by atoms with Crippen molar-refractivity contribution in [1.82, 2.24) is 5.32 Å². The van der Waals surface area contributed by atoms with Gasteiger partial charge in [-0.2, -0.15) is 0 Å². The molecule has 1 N–H and O–H groups in total. The predicted octanol–water partition coefficient (Wildman–Crippen LogP) is 4.18. The molecule has 100 valence electrons. The number of hydrogen-bond donors (Lipinski definition) is 1. The molecule has 1 saturated carbocycles. The van der Waals surface area contributed by atoms with Gasteiger partial charge in [-0.25, -0.2) is 0 Å². The van der Waals surface area contributed by atoms with Crippen LogP contribution in [0.3, 0.4) is 0 Å². The zero-order valence-corrected chi connectivity index (χ0v) is 11.9. The van der Waals surface area contributed by atoms with Gasteiger partial charge in [-0.05, 0) is 56.0 Å². The van der Waals surface area contributed by atoms with E-state index < -0.39 is 0 Å². The maximum atomic E-state index is 3.62. The van der Waals surface area contributed by atoms with Crippen molar-refractivity contribution in [3.8, 4) is 0 Å². The second-order valence-corrected chi connectivity index (χ2v) is 6.48. The summed E-state index contributed by atoms with van der Waals surface area (Å²) in [6.07, 6.45) is 7.95. The second-order valence-electron chi connectivity index (χ2n) is 6.48. The molecule has 1 fully saturated rings. The molecule has 2 rings (SSSR count). The Morgan fingerprint density at radius 2 is 1.83 bits per heavy atom. The minimum absolute atomic E-state index is 0.483. The van der Waals surface area contributed by atoms with Crippen molar-refractivity contribution in [2.75, 3.05) is 6.54 Å². The standard InChI is InChI=1S/C17H27N/c1-17(2,13-14-18-16-10-11-16)12-6-9-15-7-4-3-5-8-15/h3-5,7-8,16,18H,6,9-14H2,1-2H3. The molecule has 0 radical (unpaired) electrons. The van der Waals surface area contributed by atoms with E-state index in [0.717, 1.165) is 6.04 Å². The summed E-state index contributed by atoms with van der Waals surface area (Å²) in [7, 11) is 0. The molecular weight excluding hydrogens is 218 g/mol. The summed E-state index contributed by atoms with van der Waals surface area (Å²) < 4.78 is 0. The van der Waals surface area contributed by atoms with Crippen LogP contribution in [0.4, 0.5) is 0 Å². The second kappa shape index (κ2) is 6.38. The van der Waals surface area contributed by atoms with Gasteiger partial charge < -0.3 is 5.32 Å². The maximum Gasteiger partial charge on any atom is 0.00682 e. The minimum atomic E-state index is 0.483. The third-order valence-electron chi connectivity index (χ3n) is 3.97. The summed E-state index contributed by atoms with van der Waals surface area (Å²) in [5.74, 6) is 0. The van der Waals surface area contributed by atoms with Crippen molar-refractivity contribution in [1.29, 1.82) is 0 Å². The lowest BCUT2D eigenvalue weighted by atomic mass is 9.83. The van der Waals surface area contributed by atoms with Crippen molar-refractivity contribution in [2.24, 2.45) is 5.41 Å². The molecule has 0 amide bonds. The molecule has 0 aliphatic heterocycles. The molecule has 0 spiro atoms. The fourth-order valence-corrected chi connectivity index (χ4v) is 2.44. The lowest BCUT2D eigenvalue weighted by molar-refractivity contribution is 0.294. The molecule has 1 aromatic rings. The van der Waals surface area contributed by atoms with E-state index in [1.165, 1.54) is 50.6 Å². The van der Waals surface area contributed by atoms with Crippen molar-refractivity contribution in [3.63, 3.8) is 0 Å². The quantitative estimate of drug-likeness (QED) is 0.724. The molecule has 0 atom stereocenters. The Morgan fingerprint density at radius 3 is 2.50 bits per heavy atom. The van der Waals surface area contributed by atoms with Crippen LogP contribution in [0.2, 0.25) is 0 Å². The van der Waals surface area contributed by atoms with E-state index in [1.54, 1.807) is 0 Å². The Bertz CT molecular complexity index is 338. The first-order chi connectivity index (χ1) is 8.66. The fourth-order valence-electron chi connectivity index (χ4n) is 2.44. The minimum Gasteiger partial charge on any atom is -0.314 e. The van der Waals surface area contributed by atoms with Crippen LogP contribution < -0.4 is 5.32 Å². The average molecular weight is 245 g/mol. The normalized spacial score (nSPS) is 15.9. The van der Waals surface area contributed by atoms with Gasteiger partial charge in [-0.1, -0.05) is 44.2 Å². The summed E-state index contributed by atoms with van der Waals surface area (Å²) in [4.78, 5) is 0. The molecule has 0 saturated heterocycles. The van der Waals surface area contributed by atoms with Crippen molar-refractivity contribution >= 4 is 0 Å². The van der Waals surface area contributed by atoms with E-state index in [1.807, 2.05) is 0 Å². The molecule has 1 nitrogen and oxygen atoms in total. The van der Waals surface area contributed by atoms with Gasteiger partial charge in [0.1, 0.15) is 0 Å². The lowest BCUT2D eigenvalue weighted by Gasteiger charge is -2.24. The van der Waals surface area contributed by atoms with Crippen molar-refractivity contribution in [2.45, 2.75) is 58.4 Å². The van der Waals surface area contributed by atoms with E-state index in [0.29, 0.717) is 5.41 Å². The smallest absolute Gasteiger partial charge is 0.00682 e. The molecule has 1 aromatic carbocycles. The van der Waals surface area contributed by atoms with Gasteiger partial charge in [-0.3, -0.25) is 0 Å². The van der Waals surface area contributed by atoms with E-state index in [4.69, 9.17) is 0 Å². The first-order valence-electron chi connectivity index (χ1n) is 7.43. The number of benzene rings is 1. The SMILES string of the molecule is CC(C)(CCCc1ccccc1)CCNC1CC1. The fraction of sp³-hybridized carbons (Fsp3) is 0.647. The molecule has 1 heteroatoms. The Kier molecular flexibility index (Phi) is 4.82. The van der Waals surface area contributed by atoms with Crippen LogP contribution in [-0.4, -0.2) is 12.6 Å². The number of rotatable bonds is 8. The predicted molar refractivity (Wildman–Crippen MR) is 78.8 cm³/mol. The summed E-state index contributed by atoms with van der Waals surface area (Å²) in [6.45, 7) is 6.02. The van der Waals surface area contributed by atoms with Crippen LogP contribution in [-0.2, 0) is 6.42 Å². The zero-order chi connectivity index (χ0) is 12.8. The number of nitrogens with one attached hydrogen (secondary N) is 1. The molecule has 0 bridgehead atoms. The number of aryl methyl sites for hydroxylation is 1. The molecular formula is C17H27N. The first-order valence-corrected chi connectivity index (χ1v) is 7.43. The van der Waals surface area contributed by atoms with Crippen LogP contribution >= 0.6 is 0 Å². The molecule has 1 aliphatic rings. The van der Waals surface area contributed by atoms with Gasteiger partial charge in [0.05, 0.1) is 0 Å². The Labute approximate surface area is 112 Å². The van der Waals surface area contributed by atoms with Crippen LogP contribution in [0.25, 0.3) is 0 Å². The highest BCUT2D eigenvalue weighted by Crippen LogP contribution is 2.28. The van der Waals surface area contributed by atoms with Gasteiger partial charge in [0.15, 0.2) is 0 Å². The van der Waals surface area contributed by atoms with E-state index in [2.05, 4.69) is 49.5 Å². The monoisotopic (exact) mass is 245 g/mol. The lowest BCUT2D eigenvalue weighted by Crippen LogP contribution is -2.24. The van der Waals surface area contributed by atoms with Gasteiger partial charge in [0.2, 0.25) is 0 Å². The van der Waals surface area contributed by atoms with Gasteiger partial charge in [0.25, 0.3) is 0 Å². The van der Waals surface area contributed by atoms with Gasteiger partial charge >= 0.3 is 0 Å². The summed E-state index contributed by atoms with van der Waals surface area (Å²) in [5, 5.41) is 3.62. The average Bonchev–Trinajstić information content (AvgIpc) is 3.14. The molecule has 18 heavy (non-hydrogen) atoms. The summed E-state index contributed by atoms with van der Waals surface area (Å²) >= 11 is 0. The molecule has 1 aliphatic carbocycles. The zero-order valence-electron chi connectivity index (χ0n) is 11.9. The van der Waals surface area contributed by atoms with Crippen molar-refractivity contribution < 1.29 is 0 Å².